The van der Waals surface area contributed by atoms with E-state index in [-0.39, 0.29) is 18.2 Å². The van der Waals surface area contributed by atoms with Gasteiger partial charge in [0.05, 0.1) is 6.26 Å². The van der Waals surface area contributed by atoms with Crippen molar-refractivity contribution in [3.05, 3.63) is 35.4 Å². The smallest absolute Gasteiger partial charge is 0.211 e. The quantitative estimate of drug-likeness (QED) is 0.829. The predicted molar refractivity (Wildman–Crippen MR) is 66.5 cm³/mol. The van der Waals surface area contributed by atoms with E-state index in [1.807, 2.05) is 6.92 Å². The number of nitrogens with zero attached hydrogens (tertiary/aromatic N) is 1. The van der Waals surface area contributed by atoms with E-state index in [9.17, 15) is 17.2 Å². The maximum Gasteiger partial charge on any atom is 0.211 e. The second kappa shape index (κ2) is 5.75. The van der Waals surface area contributed by atoms with Gasteiger partial charge in [-0.3, -0.25) is 0 Å². The fourth-order valence-electron chi connectivity index (χ4n) is 1.64. The molecule has 1 aromatic rings. The molecule has 0 unspecified atom stereocenters. The van der Waals surface area contributed by atoms with Crippen LogP contribution in [0, 0.1) is 11.6 Å². The Bertz CT molecular complexity index is 517. The van der Waals surface area contributed by atoms with Crippen LogP contribution < -0.4 is 0 Å². The van der Waals surface area contributed by atoms with Crippen LogP contribution in [0.5, 0.6) is 0 Å². The first-order valence-corrected chi connectivity index (χ1v) is 7.51. The van der Waals surface area contributed by atoms with Crippen molar-refractivity contribution in [2.75, 3.05) is 6.26 Å². The molecule has 0 radical (unpaired) electrons. The van der Waals surface area contributed by atoms with Gasteiger partial charge in [0.1, 0.15) is 11.6 Å². The molecule has 102 valence electrons. The zero-order valence-electron chi connectivity index (χ0n) is 10.7. The zero-order valence-corrected chi connectivity index (χ0v) is 11.5. The molecule has 6 heteroatoms. The Hall–Kier alpha value is -1.01. The van der Waals surface area contributed by atoms with Gasteiger partial charge in [0.25, 0.3) is 0 Å². The molecule has 0 aromatic heterocycles. The van der Waals surface area contributed by atoms with E-state index >= 15 is 0 Å². The van der Waals surface area contributed by atoms with Gasteiger partial charge in [-0.25, -0.2) is 17.2 Å². The van der Waals surface area contributed by atoms with Gasteiger partial charge in [-0.15, -0.1) is 0 Å². The molecule has 3 nitrogen and oxygen atoms in total. The number of halogens is 2. The highest BCUT2D eigenvalue weighted by atomic mass is 32.2. The van der Waals surface area contributed by atoms with Gasteiger partial charge in [-0.05, 0) is 31.5 Å². The Kier molecular flexibility index (Phi) is 4.81. The highest BCUT2D eigenvalue weighted by Gasteiger charge is 2.23. The largest absolute Gasteiger partial charge is 0.212 e. The van der Waals surface area contributed by atoms with Crippen molar-refractivity contribution >= 4 is 10.0 Å². The van der Waals surface area contributed by atoms with Crippen LogP contribution >= 0.6 is 0 Å². The lowest BCUT2D eigenvalue weighted by atomic mass is 10.2. The fourth-order valence-corrected chi connectivity index (χ4v) is 2.81. The summed E-state index contributed by atoms with van der Waals surface area (Å²) in [6.07, 6.45) is 1.67. The molecule has 0 saturated heterocycles. The van der Waals surface area contributed by atoms with Crippen molar-refractivity contribution < 1.29 is 17.2 Å². The first kappa shape index (κ1) is 15.0. The van der Waals surface area contributed by atoms with Crippen molar-refractivity contribution in [1.82, 2.24) is 4.31 Å². The number of rotatable bonds is 5. The number of sulfonamides is 1. The van der Waals surface area contributed by atoms with Gasteiger partial charge in [0.2, 0.25) is 10.0 Å². The molecule has 1 rings (SSSR count). The monoisotopic (exact) mass is 277 g/mol. The Morgan fingerprint density at radius 1 is 1.33 bits per heavy atom. The number of hydrogen-bond acceptors (Lipinski definition) is 2. The molecule has 0 aliphatic heterocycles. The second-order valence-corrected chi connectivity index (χ2v) is 6.24. The first-order chi connectivity index (χ1) is 8.25. The fraction of sp³-hybridized carbons (Fsp3) is 0.500. The highest BCUT2D eigenvalue weighted by Crippen LogP contribution is 2.17. The van der Waals surface area contributed by atoms with Crippen LogP contribution in [0.25, 0.3) is 0 Å². The topological polar surface area (TPSA) is 37.4 Å². The zero-order chi connectivity index (χ0) is 13.9. The molecule has 1 aromatic carbocycles. The maximum atomic E-state index is 13.5. The summed E-state index contributed by atoms with van der Waals surface area (Å²) in [7, 11) is -3.46. The van der Waals surface area contributed by atoms with Crippen LogP contribution in [0.2, 0.25) is 0 Å². The van der Waals surface area contributed by atoms with Crippen LogP contribution in [0.3, 0.4) is 0 Å². The summed E-state index contributed by atoms with van der Waals surface area (Å²) in [5, 5.41) is 0. The lowest BCUT2D eigenvalue weighted by Crippen LogP contribution is -2.37. The summed E-state index contributed by atoms with van der Waals surface area (Å²) < 4.78 is 51.0. The molecule has 1 atom stereocenters. The third kappa shape index (κ3) is 3.74. The molecule has 0 saturated carbocycles. The van der Waals surface area contributed by atoms with Crippen LogP contribution in [0.4, 0.5) is 8.78 Å². The van der Waals surface area contributed by atoms with E-state index in [0.717, 1.165) is 24.5 Å². The second-order valence-electron chi connectivity index (χ2n) is 4.30. The molecule has 0 spiro atoms. The minimum Gasteiger partial charge on any atom is -0.212 e. The molecule has 0 amide bonds. The Labute approximate surface area is 106 Å². The van der Waals surface area contributed by atoms with Crippen LogP contribution in [-0.2, 0) is 16.6 Å². The first-order valence-electron chi connectivity index (χ1n) is 5.66. The highest BCUT2D eigenvalue weighted by molar-refractivity contribution is 7.88. The average molecular weight is 277 g/mol. The van der Waals surface area contributed by atoms with Gasteiger partial charge >= 0.3 is 0 Å². The molecule has 0 bridgehead atoms. The van der Waals surface area contributed by atoms with Crippen LogP contribution in [0.1, 0.15) is 25.8 Å². The molecule has 18 heavy (non-hydrogen) atoms. The lowest BCUT2D eigenvalue weighted by Gasteiger charge is -2.26. The number of hydrogen-bond donors (Lipinski definition) is 0. The van der Waals surface area contributed by atoms with Gasteiger partial charge < -0.3 is 0 Å². The summed E-state index contributed by atoms with van der Waals surface area (Å²) in [6, 6.07) is 2.77. The summed E-state index contributed by atoms with van der Waals surface area (Å²) in [5.41, 5.74) is 0.0423. The summed E-state index contributed by atoms with van der Waals surface area (Å²) in [4.78, 5) is 0. The normalized spacial score (nSPS) is 13.9. The van der Waals surface area contributed by atoms with Crippen molar-refractivity contribution in [3.8, 4) is 0 Å². The van der Waals surface area contributed by atoms with E-state index in [1.54, 1.807) is 6.92 Å². The van der Waals surface area contributed by atoms with E-state index < -0.39 is 21.7 Å². The summed E-state index contributed by atoms with van der Waals surface area (Å²) in [5.74, 6) is -1.18. The molecular weight excluding hydrogens is 260 g/mol. The maximum absolute atomic E-state index is 13.5. The molecular formula is C12H17F2NO2S. The van der Waals surface area contributed by atoms with Crippen molar-refractivity contribution in [1.29, 1.82) is 0 Å². The molecule has 0 fully saturated rings. The van der Waals surface area contributed by atoms with E-state index in [1.165, 1.54) is 4.31 Å². The van der Waals surface area contributed by atoms with E-state index in [0.29, 0.717) is 6.42 Å². The molecule has 0 heterocycles. The summed E-state index contributed by atoms with van der Waals surface area (Å²) in [6.45, 7) is 3.42. The third-order valence-corrected chi connectivity index (χ3v) is 4.18. The number of benzene rings is 1. The molecule has 0 aliphatic carbocycles. The standard InChI is InChI=1S/C12H17F2NO2S/c1-4-9(2)15(18(3,16)17)8-10-7-11(13)5-6-12(10)14/h5-7,9H,4,8H2,1-3H3/t9-/m0/s1. The minimum atomic E-state index is -3.46. The average Bonchev–Trinajstić information content (AvgIpc) is 2.27. The van der Waals surface area contributed by atoms with Gasteiger partial charge in [0.15, 0.2) is 0 Å². The Balaban J connectivity index is 3.07. The van der Waals surface area contributed by atoms with Crippen LogP contribution in [0.15, 0.2) is 18.2 Å². The van der Waals surface area contributed by atoms with E-state index in [4.69, 9.17) is 0 Å². The minimum absolute atomic E-state index is 0.0423. The van der Waals surface area contributed by atoms with E-state index in [2.05, 4.69) is 0 Å². The lowest BCUT2D eigenvalue weighted by molar-refractivity contribution is 0.320. The third-order valence-electron chi connectivity index (χ3n) is 2.84. The predicted octanol–water partition coefficient (Wildman–Crippen LogP) is 2.52. The molecule has 0 N–H and O–H groups in total. The Morgan fingerprint density at radius 2 is 1.94 bits per heavy atom. The summed E-state index contributed by atoms with van der Waals surface area (Å²) >= 11 is 0. The van der Waals surface area contributed by atoms with Crippen molar-refractivity contribution in [3.63, 3.8) is 0 Å². The Morgan fingerprint density at radius 3 is 2.44 bits per heavy atom. The van der Waals surface area contributed by atoms with Gasteiger partial charge in [-0.2, -0.15) is 4.31 Å². The molecule has 0 aliphatic rings. The SMILES string of the molecule is CC[C@H](C)N(Cc1cc(F)ccc1F)S(C)(=O)=O. The van der Waals surface area contributed by atoms with Gasteiger partial charge in [0, 0.05) is 18.2 Å². The van der Waals surface area contributed by atoms with Crippen molar-refractivity contribution in [2.24, 2.45) is 0 Å². The van der Waals surface area contributed by atoms with Crippen molar-refractivity contribution in [2.45, 2.75) is 32.9 Å². The van der Waals surface area contributed by atoms with Gasteiger partial charge in [-0.1, -0.05) is 6.92 Å². The van der Waals surface area contributed by atoms with Crippen LogP contribution in [-0.4, -0.2) is 25.0 Å².